The number of sulfonamides is 1. The second-order valence-electron chi connectivity index (χ2n) is 8.67. The molecule has 1 amide bonds. The van der Waals surface area contributed by atoms with Crippen molar-refractivity contribution >= 4 is 15.9 Å². The van der Waals surface area contributed by atoms with Crippen molar-refractivity contribution in [3.8, 4) is 11.4 Å². The van der Waals surface area contributed by atoms with Gasteiger partial charge in [0.15, 0.2) is 0 Å². The highest BCUT2D eigenvalue weighted by atomic mass is 32.2. The third kappa shape index (κ3) is 4.47. The summed E-state index contributed by atoms with van der Waals surface area (Å²) in [4.78, 5) is 19.1. The van der Waals surface area contributed by atoms with Gasteiger partial charge in [-0.05, 0) is 68.1 Å². The fourth-order valence-corrected chi connectivity index (χ4v) is 6.02. The van der Waals surface area contributed by atoms with Crippen molar-refractivity contribution < 1.29 is 22.1 Å². The van der Waals surface area contributed by atoms with Crippen LogP contribution in [0.25, 0.3) is 11.4 Å². The number of benzene rings is 2. The summed E-state index contributed by atoms with van der Waals surface area (Å²) in [7, 11) is -3.47. The fourth-order valence-electron chi connectivity index (χ4n) is 4.51. The maximum absolute atomic E-state index is 13.4. The summed E-state index contributed by atoms with van der Waals surface area (Å²) < 4.78 is 45.9. The summed E-state index contributed by atoms with van der Waals surface area (Å²) in [6.45, 7) is 2.15. The first-order valence-electron chi connectivity index (χ1n) is 11.4. The van der Waals surface area contributed by atoms with E-state index in [0.717, 1.165) is 12.8 Å². The smallest absolute Gasteiger partial charge is 0.253 e. The van der Waals surface area contributed by atoms with E-state index < -0.39 is 15.8 Å². The Bertz CT molecular complexity index is 1280. The van der Waals surface area contributed by atoms with Crippen LogP contribution in [0.2, 0.25) is 0 Å². The molecule has 0 spiro atoms. The highest BCUT2D eigenvalue weighted by molar-refractivity contribution is 7.89. The standard InChI is InChI=1S/C24H25FN4O4S/c25-20-5-3-4-19(16-20)24(30)28-14-10-18(11-15-28)23-26-22(27-33-23)17-6-8-21(9-7-17)34(31,32)29-12-1-2-13-29/h3-9,16,18H,1-2,10-15H2. The highest BCUT2D eigenvalue weighted by Gasteiger charge is 2.29. The van der Waals surface area contributed by atoms with Crippen LogP contribution in [0.4, 0.5) is 4.39 Å². The summed E-state index contributed by atoms with van der Waals surface area (Å²) in [6.07, 6.45) is 3.10. The molecule has 0 radical (unpaired) electrons. The number of carbonyl (C=O) groups excluding carboxylic acids is 1. The Morgan fingerprint density at radius 2 is 1.71 bits per heavy atom. The molecule has 2 aliphatic heterocycles. The first-order valence-corrected chi connectivity index (χ1v) is 12.8. The van der Waals surface area contributed by atoms with Gasteiger partial charge in [-0.25, -0.2) is 12.8 Å². The summed E-state index contributed by atoms with van der Waals surface area (Å²) in [5.41, 5.74) is 1.02. The van der Waals surface area contributed by atoms with Crippen LogP contribution in [0.3, 0.4) is 0 Å². The Hall–Kier alpha value is -3.11. The summed E-state index contributed by atoms with van der Waals surface area (Å²) in [5.74, 6) is 0.307. The number of halogens is 1. The molecular weight excluding hydrogens is 459 g/mol. The SMILES string of the molecule is O=C(c1cccc(F)c1)N1CCC(c2nc(-c3ccc(S(=O)(=O)N4CCCC4)cc3)no2)CC1. The van der Waals surface area contributed by atoms with Crippen molar-refractivity contribution in [1.82, 2.24) is 19.3 Å². The topological polar surface area (TPSA) is 96.6 Å². The van der Waals surface area contributed by atoms with Gasteiger partial charge in [-0.3, -0.25) is 4.79 Å². The lowest BCUT2D eigenvalue weighted by molar-refractivity contribution is 0.0704. The molecule has 3 heterocycles. The number of hydrogen-bond acceptors (Lipinski definition) is 6. The molecule has 2 saturated heterocycles. The maximum Gasteiger partial charge on any atom is 0.253 e. The van der Waals surface area contributed by atoms with Crippen LogP contribution < -0.4 is 0 Å². The zero-order chi connectivity index (χ0) is 23.7. The Balaban J connectivity index is 1.23. The number of likely N-dealkylation sites (tertiary alicyclic amines) is 1. The number of aromatic nitrogens is 2. The third-order valence-corrected chi connectivity index (χ3v) is 8.37. The van der Waals surface area contributed by atoms with E-state index in [9.17, 15) is 17.6 Å². The van der Waals surface area contributed by atoms with Gasteiger partial charge in [0.05, 0.1) is 4.90 Å². The molecule has 10 heteroatoms. The van der Waals surface area contributed by atoms with Crippen molar-refractivity contribution in [2.45, 2.75) is 36.5 Å². The van der Waals surface area contributed by atoms with Crippen LogP contribution in [-0.2, 0) is 10.0 Å². The van der Waals surface area contributed by atoms with E-state index in [1.807, 2.05) is 0 Å². The Labute approximate surface area is 197 Å². The zero-order valence-electron chi connectivity index (χ0n) is 18.6. The van der Waals surface area contributed by atoms with Gasteiger partial charge in [0.25, 0.3) is 5.91 Å². The molecule has 2 fully saturated rings. The predicted molar refractivity (Wildman–Crippen MR) is 122 cm³/mol. The molecule has 0 aliphatic carbocycles. The molecule has 0 N–H and O–H groups in total. The summed E-state index contributed by atoms with van der Waals surface area (Å²) in [5, 5.41) is 4.07. The fraction of sp³-hybridized carbons (Fsp3) is 0.375. The molecule has 1 aromatic heterocycles. The second kappa shape index (κ2) is 9.27. The Morgan fingerprint density at radius 3 is 2.38 bits per heavy atom. The molecule has 5 rings (SSSR count). The van der Waals surface area contributed by atoms with Crippen LogP contribution in [-0.4, -0.2) is 59.8 Å². The molecule has 8 nitrogen and oxygen atoms in total. The van der Waals surface area contributed by atoms with Gasteiger partial charge in [-0.1, -0.05) is 11.2 Å². The largest absolute Gasteiger partial charge is 0.339 e. The first kappa shape index (κ1) is 22.7. The molecule has 178 valence electrons. The lowest BCUT2D eigenvalue weighted by Gasteiger charge is -2.30. The number of piperidine rings is 1. The average Bonchev–Trinajstić information content (AvgIpc) is 3.57. The number of nitrogens with zero attached hydrogens (tertiary/aromatic N) is 4. The Morgan fingerprint density at radius 1 is 1.00 bits per heavy atom. The molecule has 0 bridgehead atoms. The van der Waals surface area contributed by atoms with Gasteiger partial charge in [-0.15, -0.1) is 0 Å². The van der Waals surface area contributed by atoms with Gasteiger partial charge in [-0.2, -0.15) is 9.29 Å². The number of rotatable bonds is 5. The van der Waals surface area contributed by atoms with Gasteiger partial charge in [0.2, 0.25) is 21.7 Å². The molecule has 0 unspecified atom stereocenters. The second-order valence-corrected chi connectivity index (χ2v) is 10.6. The van der Waals surface area contributed by atoms with Crippen molar-refractivity contribution in [3.05, 3.63) is 65.8 Å². The molecule has 34 heavy (non-hydrogen) atoms. The molecular formula is C24H25FN4O4S. The van der Waals surface area contributed by atoms with Crippen LogP contribution in [0, 0.1) is 5.82 Å². The molecule has 2 aliphatic rings. The lowest BCUT2D eigenvalue weighted by atomic mass is 9.96. The number of hydrogen-bond donors (Lipinski definition) is 0. The third-order valence-electron chi connectivity index (χ3n) is 6.46. The Kier molecular flexibility index (Phi) is 6.18. The molecule has 2 aromatic carbocycles. The quantitative estimate of drug-likeness (QED) is 0.548. The van der Waals surface area contributed by atoms with Crippen LogP contribution in [0.15, 0.2) is 57.9 Å². The number of amides is 1. The minimum Gasteiger partial charge on any atom is -0.339 e. The predicted octanol–water partition coefficient (Wildman–Crippen LogP) is 3.68. The van der Waals surface area contributed by atoms with Crippen molar-refractivity contribution in [1.29, 1.82) is 0 Å². The number of carbonyl (C=O) groups is 1. The monoisotopic (exact) mass is 484 g/mol. The van der Waals surface area contributed by atoms with Gasteiger partial charge < -0.3 is 9.42 Å². The van der Waals surface area contributed by atoms with Crippen molar-refractivity contribution in [3.63, 3.8) is 0 Å². The highest BCUT2D eigenvalue weighted by Crippen LogP contribution is 2.30. The van der Waals surface area contributed by atoms with Crippen LogP contribution in [0.5, 0.6) is 0 Å². The molecule has 3 aromatic rings. The minimum atomic E-state index is -3.47. The van der Waals surface area contributed by atoms with Gasteiger partial charge in [0, 0.05) is 43.2 Å². The van der Waals surface area contributed by atoms with Crippen molar-refractivity contribution in [2.75, 3.05) is 26.2 Å². The van der Waals surface area contributed by atoms with E-state index in [2.05, 4.69) is 10.1 Å². The van der Waals surface area contributed by atoms with Crippen molar-refractivity contribution in [2.24, 2.45) is 0 Å². The maximum atomic E-state index is 13.4. The van der Waals surface area contributed by atoms with Crippen LogP contribution in [0.1, 0.15) is 47.8 Å². The van der Waals surface area contributed by atoms with E-state index in [1.165, 1.54) is 22.5 Å². The van der Waals surface area contributed by atoms with E-state index in [4.69, 9.17) is 4.52 Å². The van der Waals surface area contributed by atoms with Gasteiger partial charge >= 0.3 is 0 Å². The van der Waals surface area contributed by atoms with E-state index in [0.29, 0.717) is 61.9 Å². The zero-order valence-corrected chi connectivity index (χ0v) is 19.4. The summed E-state index contributed by atoms with van der Waals surface area (Å²) >= 11 is 0. The average molecular weight is 485 g/mol. The lowest BCUT2D eigenvalue weighted by Crippen LogP contribution is -2.38. The van der Waals surface area contributed by atoms with Crippen LogP contribution >= 0.6 is 0 Å². The van der Waals surface area contributed by atoms with E-state index in [1.54, 1.807) is 35.2 Å². The van der Waals surface area contributed by atoms with E-state index >= 15 is 0 Å². The minimum absolute atomic E-state index is 0.0210. The first-order chi connectivity index (χ1) is 16.4. The molecule has 0 atom stereocenters. The van der Waals surface area contributed by atoms with Gasteiger partial charge in [0.1, 0.15) is 5.82 Å². The van der Waals surface area contributed by atoms with E-state index in [-0.39, 0.29) is 16.7 Å². The normalized spacial score (nSPS) is 17.9. The summed E-state index contributed by atoms with van der Waals surface area (Å²) in [6, 6.07) is 12.3. The molecule has 0 saturated carbocycles.